The number of nitrogens with zero attached hydrogens (tertiary/aromatic N) is 1. The van der Waals surface area contributed by atoms with Gasteiger partial charge in [-0.3, -0.25) is 9.59 Å². The Morgan fingerprint density at radius 3 is 2.81 bits per heavy atom. The lowest BCUT2D eigenvalue weighted by Gasteiger charge is -2.00. The van der Waals surface area contributed by atoms with Crippen LogP contribution in [0.2, 0.25) is 0 Å². The summed E-state index contributed by atoms with van der Waals surface area (Å²) < 4.78 is 0. The Balaban J connectivity index is 2.51. The molecule has 5 nitrogen and oxygen atoms in total. The lowest BCUT2D eigenvalue weighted by molar-refractivity contribution is -0.123. The molecule has 0 aromatic carbocycles. The molecule has 0 saturated heterocycles. The molecule has 1 heterocycles. The van der Waals surface area contributed by atoms with Crippen LogP contribution in [0.15, 0.2) is 18.0 Å². The van der Waals surface area contributed by atoms with Gasteiger partial charge in [-0.2, -0.15) is 0 Å². The molecule has 0 aliphatic carbocycles. The minimum atomic E-state index is -0.126. The first-order chi connectivity index (χ1) is 7.63. The van der Waals surface area contributed by atoms with Gasteiger partial charge in [-0.1, -0.05) is 0 Å². The van der Waals surface area contributed by atoms with Crippen LogP contribution in [0.1, 0.15) is 25.6 Å². The van der Waals surface area contributed by atoms with Crippen molar-refractivity contribution in [3.63, 3.8) is 0 Å². The summed E-state index contributed by atoms with van der Waals surface area (Å²) in [4.78, 5) is 29.4. The zero-order valence-electron chi connectivity index (χ0n) is 9.41. The summed E-state index contributed by atoms with van der Waals surface area (Å²) in [5.74, 6) is 0.477. The second kappa shape index (κ2) is 5.85. The smallest absolute Gasteiger partial charge is 0.220 e. The van der Waals surface area contributed by atoms with Crippen LogP contribution in [0.5, 0.6) is 0 Å². The van der Waals surface area contributed by atoms with Gasteiger partial charge < -0.3 is 10.3 Å². The molecule has 5 heteroatoms. The highest BCUT2D eigenvalue weighted by molar-refractivity contribution is 6.00. The van der Waals surface area contributed by atoms with Crippen molar-refractivity contribution < 1.29 is 9.59 Å². The number of aromatic nitrogens is 2. The number of nitrogens with one attached hydrogen (secondary N) is 2. The molecule has 0 aliphatic rings. The van der Waals surface area contributed by atoms with Crippen LogP contribution in [-0.2, 0) is 9.59 Å². The Hall–Kier alpha value is -1.91. The van der Waals surface area contributed by atoms with E-state index in [0.717, 1.165) is 0 Å². The summed E-state index contributed by atoms with van der Waals surface area (Å²) in [7, 11) is 1.55. The molecule has 0 unspecified atom stereocenters. The molecule has 16 heavy (non-hydrogen) atoms. The molecule has 1 aromatic heterocycles. The van der Waals surface area contributed by atoms with Crippen LogP contribution in [0, 0.1) is 0 Å². The average molecular weight is 221 g/mol. The third-order valence-corrected chi connectivity index (χ3v) is 2.17. The highest BCUT2D eigenvalue weighted by Gasteiger charge is 2.07. The first-order valence-electron chi connectivity index (χ1n) is 5.05. The van der Waals surface area contributed by atoms with Gasteiger partial charge in [-0.05, 0) is 18.6 Å². The Morgan fingerprint density at radius 1 is 1.50 bits per heavy atom. The lowest BCUT2D eigenvalue weighted by Crippen LogP contribution is -2.18. The summed E-state index contributed by atoms with van der Waals surface area (Å²) in [5, 5.41) is 2.48. The summed E-state index contributed by atoms with van der Waals surface area (Å²) in [5.41, 5.74) is 0.596. The van der Waals surface area contributed by atoms with Gasteiger partial charge in [0.15, 0.2) is 5.78 Å². The predicted molar refractivity (Wildman–Crippen MR) is 60.5 cm³/mol. The van der Waals surface area contributed by atoms with E-state index >= 15 is 0 Å². The normalized spacial score (nSPS) is 11.2. The molecule has 0 fully saturated rings. The van der Waals surface area contributed by atoms with Crippen molar-refractivity contribution in [2.24, 2.45) is 0 Å². The fourth-order valence-corrected chi connectivity index (χ4v) is 1.19. The van der Waals surface area contributed by atoms with Crippen molar-refractivity contribution in [1.82, 2.24) is 15.3 Å². The van der Waals surface area contributed by atoms with Gasteiger partial charge in [0.2, 0.25) is 5.91 Å². The Labute approximate surface area is 94.0 Å². The molecular formula is C11H15N3O2. The minimum Gasteiger partial charge on any atom is -0.359 e. The number of ketones is 1. The van der Waals surface area contributed by atoms with Crippen LogP contribution < -0.4 is 5.32 Å². The molecule has 0 aliphatic heterocycles. The third-order valence-electron chi connectivity index (χ3n) is 2.17. The SMILES string of the molecule is CNC(=O)CCC(=O)/C(C)=C/c1ncc[nH]1. The quantitative estimate of drug-likeness (QED) is 0.726. The Bertz CT molecular complexity index is 393. The number of rotatable bonds is 5. The van der Waals surface area contributed by atoms with E-state index < -0.39 is 0 Å². The van der Waals surface area contributed by atoms with Crippen molar-refractivity contribution in [3.8, 4) is 0 Å². The molecule has 0 spiro atoms. The van der Waals surface area contributed by atoms with E-state index in [4.69, 9.17) is 0 Å². The third kappa shape index (κ3) is 3.68. The maximum Gasteiger partial charge on any atom is 0.220 e. The molecule has 1 rings (SSSR count). The fourth-order valence-electron chi connectivity index (χ4n) is 1.19. The number of aromatic amines is 1. The summed E-state index contributed by atoms with van der Waals surface area (Å²) in [6.45, 7) is 1.72. The van der Waals surface area contributed by atoms with Crippen LogP contribution in [0.3, 0.4) is 0 Å². The zero-order valence-corrected chi connectivity index (χ0v) is 9.41. The highest BCUT2D eigenvalue weighted by atomic mass is 16.2. The Kier molecular flexibility index (Phi) is 4.44. The van der Waals surface area contributed by atoms with E-state index in [9.17, 15) is 9.59 Å². The number of amides is 1. The minimum absolute atomic E-state index is 0.0417. The molecule has 0 radical (unpaired) electrons. The van der Waals surface area contributed by atoms with E-state index in [1.807, 2.05) is 0 Å². The number of carbonyl (C=O) groups excluding carboxylic acids is 2. The van der Waals surface area contributed by atoms with Crippen LogP contribution >= 0.6 is 0 Å². The van der Waals surface area contributed by atoms with Gasteiger partial charge in [0.25, 0.3) is 0 Å². The molecule has 1 amide bonds. The van der Waals surface area contributed by atoms with Gasteiger partial charge in [-0.15, -0.1) is 0 Å². The largest absolute Gasteiger partial charge is 0.359 e. The standard InChI is InChI=1S/C11H15N3O2/c1-8(7-10-13-5-6-14-10)9(15)3-4-11(16)12-2/h5-7H,3-4H2,1-2H3,(H,12,16)(H,13,14)/b8-7+. The number of allylic oxidation sites excluding steroid dienone is 1. The van der Waals surface area contributed by atoms with Crippen molar-refractivity contribution in [2.45, 2.75) is 19.8 Å². The van der Waals surface area contributed by atoms with E-state index in [1.165, 1.54) is 0 Å². The lowest BCUT2D eigenvalue weighted by atomic mass is 10.1. The average Bonchev–Trinajstić information content (AvgIpc) is 2.77. The molecular weight excluding hydrogens is 206 g/mol. The summed E-state index contributed by atoms with van der Waals surface area (Å²) in [6.07, 6.45) is 5.43. The number of Topliss-reactive ketones (excluding diaryl/α,β-unsaturated/α-hetero) is 1. The summed E-state index contributed by atoms with van der Waals surface area (Å²) in [6, 6.07) is 0. The topological polar surface area (TPSA) is 74.8 Å². The first-order valence-corrected chi connectivity index (χ1v) is 5.05. The molecule has 0 atom stereocenters. The van der Waals surface area contributed by atoms with Crippen LogP contribution in [-0.4, -0.2) is 28.7 Å². The molecule has 1 aromatic rings. The van der Waals surface area contributed by atoms with Crippen molar-refractivity contribution >= 4 is 17.8 Å². The number of hydrogen-bond donors (Lipinski definition) is 2. The first kappa shape index (κ1) is 12.2. The molecule has 2 N–H and O–H groups in total. The van der Waals surface area contributed by atoms with Gasteiger partial charge in [0, 0.05) is 32.3 Å². The maximum absolute atomic E-state index is 11.6. The predicted octanol–water partition coefficient (Wildman–Crippen LogP) is 0.908. The van der Waals surface area contributed by atoms with Crippen LogP contribution in [0.4, 0.5) is 0 Å². The van der Waals surface area contributed by atoms with Gasteiger partial charge in [0.1, 0.15) is 5.82 Å². The van der Waals surface area contributed by atoms with Crippen molar-refractivity contribution in [1.29, 1.82) is 0 Å². The van der Waals surface area contributed by atoms with E-state index in [2.05, 4.69) is 15.3 Å². The number of imidazole rings is 1. The van der Waals surface area contributed by atoms with Gasteiger partial charge >= 0.3 is 0 Å². The zero-order chi connectivity index (χ0) is 12.0. The van der Waals surface area contributed by atoms with Crippen molar-refractivity contribution in [2.75, 3.05) is 7.05 Å². The monoisotopic (exact) mass is 221 g/mol. The second-order valence-electron chi connectivity index (χ2n) is 3.40. The van der Waals surface area contributed by atoms with Crippen molar-refractivity contribution in [3.05, 3.63) is 23.8 Å². The Morgan fingerprint density at radius 2 is 2.25 bits per heavy atom. The highest BCUT2D eigenvalue weighted by Crippen LogP contribution is 2.06. The van der Waals surface area contributed by atoms with E-state index in [1.54, 1.807) is 32.4 Å². The van der Waals surface area contributed by atoms with E-state index in [-0.39, 0.29) is 24.5 Å². The van der Waals surface area contributed by atoms with Crippen LogP contribution in [0.25, 0.3) is 6.08 Å². The summed E-state index contributed by atoms with van der Waals surface area (Å²) >= 11 is 0. The number of hydrogen-bond acceptors (Lipinski definition) is 3. The molecule has 0 bridgehead atoms. The van der Waals surface area contributed by atoms with Gasteiger partial charge in [0.05, 0.1) is 0 Å². The number of H-pyrrole nitrogens is 1. The molecule has 86 valence electrons. The van der Waals surface area contributed by atoms with E-state index in [0.29, 0.717) is 11.4 Å². The molecule has 0 saturated carbocycles. The number of carbonyl (C=O) groups is 2. The fraction of sp³-hybridized carbons (Fsp3) is 0.364. The maximum atomic E-state index is 11.6. The second-order valence-corrected chi connectivity index (χ2v) is 3.40. The van der Waals surface area contributed by atoms with Gasteiger partial charge in [-0.25, -0.2) is 4.98 Å².